The SMILES string of the molecule is CC(C)CC(CNC(=O)OCCSSCCO)CC(N)=O. The van der Waals surface area contributed by atoms with E-state index in [0.29, 0.717) is 30.6 Å². The monoisotopic (exact) mass is 338 g/mol. The molecule has 0 aliphatic rings. The van der Waals surface area contributed by atoms with E-state index in [1.54, 1.807) is 21.6 Å². The Morgan fingerprint density at radius 3 is 2.52 bits per heavy atom. The molecular weight excluding hydrogens is 312 g/mol. The van der Waals surface area contributed by atoms with Crippen LogP contribution >= 0.6 is 21.6 Å². The molecule has 0 spiro atoms. The summed E-state index contributed by atoms with van der Waals surface area (Å²) in [5.74, 6) is 1.47. The Labute approximate surface area is 134 Å². The van der Waals surface area contributed by atoms with Crippen molar-refractivity contribution < 1.29 is 19.4 Å². The van der Waals surface area contributed by atoms with Crippen molar-refractivity contribution in [1.29, 1.82) is 0 Å². The number of primary amides is 1. The molecule has 0 saturated carbocycles. The highest BCUT2D eigenvalue weighted by Gasteiger charge is 2.15. The highest BCUT2D eigenvalue weighted by Crippen LogP contribution is 2.19. The average molecular weight is 338 g/mol. The second-order valence-electron chi connectivity index (χ2n) is 5.05. The van der Waals surface area contributed by atoms with Gasteiger partial charge in [-0.15, -0.1) is 0 Å². The van der Waals surface area contributed by atoms with Crippen molar-refractivity contribution in [3.63, 3.8) is 0 Å². The molecule has 0 aliphatic heterocycles. The molecular formula is C13H26N2O4S2. The van der Waals surface area contributed by atoms with Crippen LogP contribution in [0.3, 0.4) is 0 Å². The van der Waals surface area contributed by atoms with Gasteiger partial charge < -0.3 is 20.9 Å². The lowest BCUT2D eigenvalue weighted by Crippen LogP contribution is -2.32. The molecule has 8 heteroatoms. The standard InChI is InChI=1S/C13H26N2O4S2/c1-10(2)7-11(8-12(14)17)9-15-13(18)19-4-6-21-20-5-3-16/h10-11,16H,3-9H2,1-2H3,(H2,14,17)(H,15,18). The lowest BCUT2D eigenvalue weighted by Gasteiger charge is -2.18. The zero-order valence-corrected chi connectivity index (χ0v) is 14.3. The molecule has 0 aromatic carbocycles. The smallest absolute Gasteiger partial charge is 0.407 e. The van der Waals surface area contributed by atoms with Gasteiger partial charge in [-0.1, -0.05) is 35.4 Å². The lowest BCUT2D eigenvalue weighted by atomic mass is 9.94. The highest BCUT2D eigenvalue weighted by molar-refractivity contribution is 8.76. The minimum atomic E-state index is -0.471. The third-order valence-electron chi connectivity index (χ3n) is 2.49. The van der Waals surface area contributed by atoms with Crippen molar-refractivity contribution in [3.8, 4) is 0 Å². The second kappa shape index (κ2) is 13.1. The third kappa shape index (κ3) is 14.1. The van der Waals surface area contributed by atoms with Gasteiger partial charge in [0.2, 0.25) is 5.91 Å². The predicted molar refractivity (Wildman–Crippen MR) is 88.1 cm³/mol. The summed E-state index contributed by atoms with van der Waals surface area (Å²) >= 11 is 0. The maximum absolute atomic E-state index is 11.5. The molecule has 21 heavy (non-hydrogen) atoms. The summed E-state index contributed by atoms with van der Waals surface area (Å²) in [5, 5.41) is 11.3. The number of aliphatic hydroxyl groups excluding tert-OH is 1. The zero-order valence-electron chi connectivity index (χ0n) is 12.7. The van der Waals surface area contributed by atoms with E-state index in [0.717, 1.165) is 6.42 Å². The molecule has 1 unspecified atom stereocenters. The molecule has 124 valence electrons. The van der Waals surface area contributed by atoms with Gasteiger partial charge in [-0.05, 0) is 18.3 Å². The number of carbonyl (C=O) groups is 2. The Balaban J connectivity index is 3.78. The molecule has 1 atom stereocenters. The molecule has 4 N–H and O–H groups in total. The van der Waals surface area contributed by atoms with E-state index in [1.807, 2.05) is 0 Å². The topological polar surface area (TPSA) is 102 Å². The van der Waals surface area contributed by atoms with Gasteiger partial charge in [0.25, 0.3) is 0 Å². The van der Waals surface area contributed by atoms with Gasteiger partial charge in [0.1, 0.15) is 6.61 Å². The summed E-state index contributed by atoms with van der Waals surface area (Å²) < 4.78 is 5.02. The van der Waals surface area contributed by atoms with E-state index in [4.69, 9.17) is 15.6 Å². The maximum Gasteiger partial charge on any atom is 0.407 e. The minimum absolute atomic E-state index is 0.0459. The van der Waals surface area contributed by atoms with Crippen LogP contribution in [0, 0.1) is 11.8 Å². The van der Waals surface area contributed by atoms with Gasteiger partial charge in [-0.2, -0.15) is 0 Å². The van der Waals surface area contributed by atoms with Crippen LogP contribution < -0.4 is 11.1 Å². The van der Waals surface area contributed by atoms with Crippen molar-refractivity contribution in [2.24, 2.45) is 17.6 Å². The fraction of sp³-hybridized carbons (Fsp3) is 0.846. The predicted octanol–water partition coefficient (Wildman–Crippen LogP) is 1.62. The summed E-state index contributed by atoms with van der Waals surface area (Å²) in [6.07, 6.45) is 0.629. The van der Waals surface area contributed by atoms with Crippen LogP contribution in [0.2, 0.25) is 0 Å². The minimum Gasteiger partial charge on any atom is -0.449 e. The molecule has 0 aliphatic carbocycles. The summed E-state index contributed by atoms with van der Waals surface area (Å²) in [6.45, 7) is 4.99. The van der Waals surface area contributed by atoms with Crippen molar-refractivity contribution in [3.05, 3.63) is 0 Å². The maximum atomic E-state index is 11.5. The average Bonchev–Trinajstić information content (AvgIpc) is 2.38. The third-order valence-corrected chi connectivity index (χ3v) is 4.84. The Hall–Kier alpha value is -0.600. The Bertz CT molecular complexity index is 304. The molecule has 2 amide bonds. The van der Waals surface area contributed by atoms with E-state index in [-0.39, 0.29) is 24.9 Å². The van der Waals surface area contributed by atoms with Crippen LogP contribution in [0.25, 0.3) is 0 Å². The van der Waals surface area contributed by atoms with Gasteiger partial charge >= 0.3 is 6.09 Å². The largest absolute Gasteiger partial charge is 0.449 e. The van der Waals surface area contributed by atoms with Gasteiger partial charge in [0.05, 0.1) is 6.61 Å². The van der Waals surface area contributed by atoms with Crippen LogP contribution in [-0.4, -0.2) is 48.4 Å². The number of alkyl carbamates (subject to hydrolysis) is 1. The van der Waals surface area contributed by atoms with Gasteiger partial charge in [-0.25, -0.2) is 4.79 Å². The first kappa shape index (κ1) is 20.4. The summed E-state index contributed by atoms with van der Waals surface area (Å²) in [4.78, 5) is 22.5. The first-order valence-corrected chi connectivity index (χ1v) is 9.48. The van der Waals surface area contributed by atoms with Gasteiger partial charge in [0, 0.05) is 24.5 Å². The van der Waals surface area contributed by atoms with Crippen LogP contribution in [0.1, 0.15) is 26.7 Å². The molecule has 0 aromatic heterocycles. The molecule has 6 nitrogen and oxygen atoms in total. The number of hydrogen-bond donors (Lipinski definition) is 3. The molecule has 0 bridgehead atoms. The molecule has 0 radical (unpaired) electrons. The number of aliphatic hydroxyl groups is 1. The first-order valence-electron chi connectivity index (χ1n) is 6.99. The van der Waals surface area contributed by atoms with E-state index in [1.165, 1.54) is 0 Å². The lowest BCUT2D eigenvalue weighted by molar-refractivity contribution is -0.119. The van der Waals surface area contributed by atoms with E-state index in [2.05, 4.69) is 19.2 Å². The summed E-state index contributed by atoms with van der Waals surface area (Å²) in [6, 6.07) is 0. The number of carbonyl (C=O) groups excluding carboxylic acids is 2. The normalized spacial score (nSPS) is 12.2. The van der Waals surface area contributed by atoms with Gasteiger partial charge in [-0.3, -0.25) is 4.79 Å². The van der Waals surface area contributed by atoms with Gasteiger partial charge in [0.15, 0.2) is 0 Å². The van der Waals surface area contributed by atoms with Crippen LogP contribution in [0.5, 0.6) is 0 Å². The first-order chi connectivity index (χ1) is 9.95. The number of hydrogen-bond acceptors (Lipinski definition) is 6. The number of amides is 2. The molecule has 0 aromatic rings. The molecule has 0 fully saturated rings. The van der Waals surface area contributed by atoms with E-state index < -0.39 is 6.09 Å². The zero-order chi connectivity index (χ0) is 16.1. The fourth-order valence-corrected chi connectivity index (χ4v) is 3.39. The number of ether oxygens (including phenoxy) is 1. The molecule has 0 rings (SSSR count). The Kier molecular flexibility index (Phi) is 12.7. The number of rotatable bonds is 12. The number of nitrogens with two attached hydrogens (primary N) is 1. The van der Waals surface area contributed by atoms with Crippen LogP contribution in [-0.2, 0) is 9.53 Å². The highest BCUT2D eigenvalue weighted by atomic mass is 33.1. The van der Waals surface area contributed by atoms with Crippen molar-refractivity contribution >= 4 is 33.6 Å². The fourth-order valence-electron chi connectivity index (χ4n) is 1.79. The van der Waals surface area contributed by atoms with Crippen molar-refractivity contribution in [2.45, 2.75) is 26.7 Å². The van der Waals surface area contributed by atoms with E-state index in [9.17, 15) is 9.59 Å². The van der Waals surface area contributed by atoms with Crippen molar-refractivity contribution in [2.75, 3.05) is 31.3 Å². The second-order valence-corrected chi connectivity index (χ2v) is 7.75. The van der Waals surface area contributed by atoms with Crippen LogP contribution in [0.15, 0.2) is 0 Å². The Morgan fingerprint density at radius 1 is 1.29 bits per heavy atom. The van der Waals surface area contributed by atoms with Crippen LogP contribution in [0.4, 0.5) is 4.79 Å². The molecule has 0 heterocycles. The van der Waals surface area contributed by atoms with E-state index >= 15 is 0 Å². The quantitative estimate of drug-likeness (QED) is 0.369. The number of nitrogens with one attached hydrogen (secondary N) is 1. The molecule has 0 saturated heterocycles. The summed E-state index contributed by atoms with van der Waals surface area (Å²) in [5.41, 5.74) is 5.21. The Morgan fingerprint density at radius 2 is 1.95 bits per heavy atom. The van der Waals surface area contributed by atoms with Crippen molar-refractivity contribution in [1.82, 2.24) is 5.32 Å². The summed E-state index contributed by atoms with van der Waals surface area (Å²) in [7, 11) is 3.09.